The van der Waals surface area contributed by atoms with E-state index in [2.05, 4.69) is 25.3 Å². The van der Waals surface area contributed by atoms with E-state index in [9.17, 15) is 0 Å². The lowest BCUT2D eigenvalue weighted by atomic mass is 10.2. The number of H-pyrrole nitrogens is 1. The molecule has 4 rings (SSSR count). The molecule has 0 aliphatic heterocycles. The number of rotatable bonds is 3. The number of benzene rings is 2. The minimum atomic E-state index is 0.330. The summed E-state index contributed by atoms with van der Waals surface area (Å²) in [6.45, 7) is 0. The Balaban J connectivity index is 1.75. The lowest BCUT2D eigenvalue weighted by Crippen LogP contribution is -1.97. The first kappa shape index (κ1) is 16.8. The maximum atomic E-state index is 6.27. The van der Waals surface area contributed by atoms with Gasteiger partial charge in [0.25, 0.3) is 0 Å². The Morgan fingerprint density at radius 1 is 1.12 bits per heavy atom. The van der Waals surface area contributed by atoms with Crippen molar-refractivity contribution in [2.75, 3.05) is 0 Å². The van der Waals surface area contributed by atoms with Crippen molar-refractivity contribution < 1.29 is 0 Å². The first-order valence-electron chi connectivity index (χ1n) is 7.51. The lowest BCUT2D eigenvalue weighted by Gasteiger charge is -2.04. The standard InChI is InChI=1S/C17H10Cl2N6S/c18-10-5-6-12(13(19)7-10)16-23-24-17(26)25(16)21-9-11-8-20-14-3-1-2-4-15(14)22-11/h1-9H,(H,24,26)/b21-9-. The van der Waals surface area contributed by atoms with Crippen LogP contribution in [0.15, 0.2) is 53.8 Å². The molecule has 2 aromatic heterocycles. The van der Waals surface area contributed by atoms with Crippen LogP contribution in [-0.4, -0.2) is 31.1 Å². The van der Waals surface area contributed by atoms with Gasteiger partial charge in [-0.3, -0.25) is 4.98 Å². The summed E-state index contributed by atoms with van der Waals surface area (Å²) in [5, 5.41) is 12.3. The minimum Gasteiger partial charge on any atom is -0.252 e. The largest absolute Gasteiger partial charge is 0.252 e. The van der Waals surface area contributed by atoms with Crippen molar-refractivity contribution in [1.29, 1.82) is 0 Å². The van der Waals surface area contributed by atoms with Crippen LogP contribution < -0.4 is 0 Å². The second kappa shape index (κ2) is 6.95. The first-order valence-corrected chi connectivity index (χ1v) is 8.67. The highest BCUT2D eigenvalue weighted by atomic mass is 35.5. The molecule has 2 aromatic carbocycles. The molecule has 0 aliphatic carbocycles. The van der Waals surface area contributed by atoms with Crippen molar-refractivity contribution in [2.24, 2.45) is 5.10 Å². The quantitative estimate of drug-likeness (QED) is 0.398. The van der Waals surface area contributed by atoms with Crippen LogP contribution in [0.5, 0.6) is 0 Å². The Bertz CT molecular complexity index is 1200. The molecule has 0 spiro atoms. The summed E-state index contributed by atoms with van der Waals surface area (Å²) in [4.78, 5) is 8.86. The van der Waals surface area contributed by atoms with Gasteiger partial charge in [0.15, 0.2) is 5.82 Å². The molecule has 0 radical (unpaired) electrons. The number of aromatic amines is 1. The molecular weight excluding hydrogens is 391 g/mol. The van der Waals surface area contributed by atoms with Crippen LogP contribution in [-0.2, 0) is 0 Å². The lowest BCUT2D eigenvalue weighted by molar-refractivity contribution is 0.870. The second-order valence-electron chi connectivity index (χ2n) is 5.32. The number of halogens is 2. The van der Waals surface area contributed by atoms with Crippen molar-refractivity contribution in [3.8, 4) is 11.4 Å². The average Bonchev–Trinajstić information content (AvgIpc) is 3.00. The molecule has 6 nitrogen and oxygen atoms in total. The molecule has 0 bridgehead atoms. The van der Waals surface area contributed by atoms with Crippen molar-refractivity contribution in [2.45, 2.75) is 0 Å². The summed E-state index contributed by atoms with van der Waals surface area (Å²) in [5.41, 5.74) is 2.86. The topological polar surface area (TPSA) is 71.8 Å². The normalized spacial score (nSPS) is 11.5. The molecule has 2 heterocycles. The third-order valence-corrected chi connectivity index (χ3v) is 4.41. The first-order chi connectivity index (χ1) is 12.6. The zero-order chi connectivity index (χ0) is 18.1. The maximum absolute atomic E-state index is 6.27. The summed E-state index contributed by atoms with van der Waals surface area (Å²) in [6.07, 6.45) is 3.21. The van der Waals surface area contributed by atoms with Gasteiger partial charge >= 0.3 is 0 Å². The van der Waals surface area contributed by atoms with Crippen molar-refractivity contribution in [1.82, 2.24) is 24.8 Å². The van der Waals surface area contributed by atoms with Crippen LogP contribution in [0, 0.1) is 4.77 Å². The molecule has 4 aromatic rings. The minimum absolute atomic E-state index is 0.330. The van der Waals surface area contributed by atoms with Gasteiger partial charge in [0.05, 0.1) is 28.5 Å². The van der Waals surface area contributed by atoms with E-state index in [1.54, 1.807) is 30.6 Å². The Hall–Kier alpha value is -2.61. The number of para-hydroxylation sites is 2. The number of hydrogen-bond acceptors (Lipinski definition) is 5. The van der Waals surface area contributed by atoms with Crippen molar-refractivity contribution in [3.63, 3.8) is 0 Å². The van der Waals surface area contributed by atoms with Gasteiger partial charge < -0.3 is 0 Å². The molecule has 0 saturated heterocycles. The molecule has 128 valence electrons. The zero-order valence-corrected chi connectivity index (χ0v) is 15.4. The van der Waals surface area contributed by atoms with Gasteiger partial charge in [0.1, 0.15) is 5.69 Å². The number of fused-ring (bicyclic) bond motifs is 1. The Labute approximate surface area is 163 Å². The van der Waals surface area contributed by atoms with E-state index in [4.69, 9.17) is 35.4 Å². The highest BCUT2D eigenvalue weighted by Gasteiger charge is 2.12. The average molecular weight is 401 g/mol. The highest BCUT2D eigenvalue weighted by molar-refractivity contribution is 7.71. The fraction of sp³-hybridized carbons (Fsp3) is 0. The molecule has 0 amide bonds. The van der Waals surface area contributed by atoms with Crippen LogP contribution in [0.25, 0.3) is 22.4 Å². The van der Waals surface area contributed by atoms with E-state index in [-0.39, 0.29) is 0 Å². The van der Waals surface area contributed by atoms with Crippen molar-refractivity contribution >= 4 is 52.7 Å². The molecule has 1 N–H and O–H groups in total. The Morgan fingerprint density at radius 3 is 2.73 bits per heavy atom. The highest BCUT2D eigenvalue weighted by Crippen LogP contribution is 2.29. The molecule has 0 aliphatic rings. The Kier molecular flexibility index (Phi) is 4.50. The van der Waals surface area contributed by atoms with Crippen LogP contribution in [0.3, 0.4) is 0 Å². The maximum Gasteiger partial charge on any atom is 0.216 e. The van der Waals surface area contributed by atoms with Crippen molar-refractivity contribution in [3.05, 3.63) is 69.2 Å². The monoisotopic (exact) mass is 400 g/mol. The fourth-order valence-electron chi connectivity index (χ4n) is 2.39. The number of aromatic nitrogens is 5. The zero-order valence-electron chi connectivity index (χ0n) is 13.1. The number of nitrogens with one attached hydrogen (secondary N) is 1. The predicted octanol–water partition coefficient (Wildman–Crippen LogP) is 4.74. The third kappa shape index (κ3) is 3.24. The third-order valence-electron chi connectivity index (χ3n) is 3.60. The van der Waals surface area contributed by atoms with E-state index in [1.807, 2.05) is 24.3 Å². The van der Waals surface area contributed by atoms with E-state index in [0.717, 1.165) is 11.0 Å². The van der Waals surface area contributed by atoms with Crippen LogP contribution in [0.1, 0.15) is 5.69 Å². The summed E-state index contributed by atoms with van der Waals surface area (Å²) in [6, 6.07) is 12.7. The molecule has 0 unspecified atom stereocenters. The summed E-state index contributed by atoms with van der Waals surface area (Å²) in [5.74, 6) is 0.474. The number of nitrogens with zero attached hydrogens (tertiary/aromatic N) is 5. The molecule has 0 atom stereocenters. The van der Waals surface area contributed by atoms with Crippen LogP contribution in [0.4, 0.5) is 0 Å². The number of hydrogen-bond donors (Lipinski definition) is 1. The summed E-state index contributed by atoms with van der Waals surface area (Å²) >= 11 is 17.5. The second-order valence-corrected chi connectivity index (χ2v) is 6.55. The van der Waals surface area contributed by atoms with E-state index < -0.39 is 0 Å². The molecule has 26 heavy (non-hydrogen) atoms. The molecule has 0 fully saturated rings. The van der Waals surface area contributed by atoms with Gasteiger partial charge in [-0.15, -0.1) is 0 Å². The summed E-state index contributed by atoms with van der Waals surface area (Å²) in [7, 11) is 0. The van der Waals surface area contributed by atoms with Crippen LogP contribution in [0.2, 0.25) is 10.0 Å². The van der Waals surface area contributed by atoms with E-state index in [0.29, 0.717) is 31.9 Å². The van der Waals surface area contributed by atoms with Gasteiger partial charge in [0.2, 0.25) is 4.77 Å². The van der Waals surface area contributed by atoms with Gasteiger partial charge in [-0.25, -0.2) is 10.1 Å². The Morgan fingerprint density at radius 2 is 1.92 bits per heavy atom. The van der Waals surface area contributed by atoms with E-state index in [1.165, 1.54) is 4.68 Å². The molecular formula is C17H10Cl2N6S. The SMILES string of the molecule is S=c1[nH]nc(-c2ccc(Cl)cc2Cl)n1/N=C\c1cnc2ccccc2n1. The van der Waals surface area contributed by atoms with Gasteiger partial charge in [-0.1, -0.05) is 35.3 Å². The van der Waals surface area contributed by atoms with Gasteiger partial charge in [-0.05, 0) is 42.5 Å². The summed E-state index contributed by atoms with van der Waals surface area (Å²) < 4.78 is 1.80. The molecule has 0 saturated carbocycles. The predicted molar refractivity (Wildman–Crippen MR) is 105 cm³/mol. The van der Waals surface area contributed by atoms with Gasteiger partial charge in [-0.2, -0.15) is 14.9 Å². The van der Waals surface area contributed by atoms with Crippen LogP contribution >= 0.6 is 35.4 Å². The van der Waals surface area contributed by atoms with Gasteiger partial charge in [0, 0.05) is 10.6 Å². The molecule has 9 heteroatoms. The fourth-order valence-corrected chi connectivity index (χ4v) is 3.07. The van der Waals surface area contributed by atoms with E-state index >= 15 is 0 Å². The smallest absolute Gasteiger partial charge is 0.216 e.